The van der Waals surface area contributed by atoms with E-state index in [9.17, 15) is 9.59 Å². The number of hydrogen-bond acceptors (Lipinski definition) is 5. The maximum Gasteiger partial charge on any atom is 0.242 e. The van der Waals surface area contributed by atoms with Gasteiger partial charge in [0, 0.05) is 15.4 Å². The zero-order chi connectivity index (χ0) is 16.4. The van der Waals surface area contributed by atoms with Gasteiger partial charge in [0.15, 0.2) is 5.78 Å². The molecule has 0 N–H and O–H groups in total. The molecule has 2 aromatic carbocycles. The standard InChI is InChI=1S/C17H12N2O2S2/c1-11(20)12-6-7-16-14(8-12)19(17(21)9-22-10-18)13-4-2-3-5-15(13)23-16/h2-8H,9H2,1H3. The molecule has 3 rings (SSSR count). The van der Waals surface area contributed by atoms with Crippen LogP contribution in [0.3, 0.4) is 0 Å². The lowest BCUT2D eigenvalue weighted by Gasteiger charge is -2.31. The van der Waals surface area contributed by atoms with Crippen molar-refractivity contribution in [3.63, 3.8) is 0 Å². The minimum atomic E-state index is -0.175. The topological polar surface area (TPSA) is 61.2 Å². The molecule has 1 aliphatic heterocycles. The van der Waals surface area contributed by atoms with E-state index in [2.05, 4.69) is 0 Å². The molecule has 0 aliphatic carbocycles. The summed E-state index contributed by atoms with van der Waals surface area (Å²) in [6.45, 7) is 1.50. The molecule has 23 heavy (non-hydrogen) atoms. The Morgan fingerprint density at radius 3 is 2.65 bits per heavy atom. The number of nitrogens with zero attached hydrogens (tertiary/aromatic N) is 2. The van der Waals surface area contributed by atoms with Gasteiger partial charge in [-0.2, -0.15) is 5.26 Å². The molecule has 0 unspecified atom stereocenters. The van der Waals surface area contributed by atoms with Gasteiger partial charge in [0.05, 0.1) is 17.1 Å². The highest BCUT2D eigenvalue weighted by Crippen LogP contribution is 2.48. The zero-order valence-electron chi connectivity index (χ0n) is 12.3. The fourth-order valence-electron chi connectivity index (χ4n) is 2.40. The first-order valence-electron chi connectivity index (χ1n) is 6.87. The summed E-state index contributed by atoms with van der Waals surface area (Å²) in [5.74, 6) is -0.152. The van der Waals surface area contributed by atoms with Crippen molar-refractivity contribution in [2.75, 3.05) is 10.7 Å². The highest BCUT2D eigenvalue weighted by molar-refractivity contribution is 8.04. The number of thiocyanates is 1. The number of para-hydroxylation sites is 1. The smallest absolute Gasteiger partial charge is 0.242 e. The van der Waals surface area contributed by atoms with E-state index in [1.807, 2.05) is 35.7 Å². The van der Waals surface area contributed by atoms with E-state index in [0.29, 0.717) is 11.3 Å². The van der Waals surface area contributed by atoms with Gasteiger partial charge in [-0.15, -0.1) is 0 Å². The minimum absolute atomic E-state index is 0.0459. The second-order valence-corrected chi connectivity index (χ2v) is 6.76. The quantitative estimate of drug-likeness (QED) is 0.618. The van der Waals surface area contributed by atoms with Gasteiger partial charge in [0.2, 0.25) is 5.91 Å². The summed E-state index contributed by atoms with van der Waals surface area (Å²) < 4.78 is 0. The van der Waals surface area contributed by atoms with E-state index in [1.54, 1.807) is 28.8 Å². The Hall–Kier alpha value is -2.23. The first kappa shape index (κ1) is 15.7. The molecule has 1 aliphatic rings. The van der Waals surface area contributed by atoms with Crippen LogP contribution in [-0.2, 0) is 4.79 Å². The van der Waals surface area contributed by atoms with Crippen molar-refractivity contribution < 1.29 is 9.59 Å². The minimum Gasteiger partial charge on any atom is -0.295 e. The van der Waals surface area contributed by atoms with E-state index in [1.165, 1.54) is 6.92 Å². The monoisotopic (exact) mass is 340 g/mol. The van der Waals surface area contributed by atoms with Gasteiger partial charge in [-0.25, -0.2) is 0 Å². The Morgan fingerprint density at radius 2 is 1.91 bits per heavy atom. The molecule has 0 aromatic heterocycles. The average molecular weight is 340 g/mol. The van der Waals surface area contributed by atoms with Crippen molar-refractivity contribution >= 4 is 46.6 Å². The highest BCUT2D eigenvalue weighted by Gasteiger charge is 2.28. The van der Waals surface area contributed by atoms with Gasteiger partial charge in [-0.1, -0.05) is 30.0 Å². The second kappa shape index (κ2) is 6.49. The predicted octanol–water partition coefficient (Wildman–Crippen LogP) is 4.23. The molecule has 0 spiro atoms. The number of fused-ring (bicyclic) bond motifs is 2. The van der Waals surface area contributed by atoms with E-state index in [4.69, 9.17) is 5.26 Å². The normalized spacial score (nSPS) is 12.1. The fraction of sp³-hybridized carbons (Fsp3) is 0.118. The van der Waals surface area contributed by atoms with Crippen LogP contribution in [0, 0.1) is 10.7 Å². The largest absolute Gasteiger partial charge is 0.295 e. The number of benzene rings is 2. The Morgan fingerprint density at radius 1 is 1.17 bits per heavy atom. The molecule has 0 saturated heterocycles. The summed E-state index contributed by atoms with van der Waals surface area (Å²) in [5.41, 5.74) is 2.05. The Bertz CT molecular complexity index is 843. The molecule has 0 atom stereocenters. The van der Waals surface area contributed by atoms with Gasteiger partial charge < -0.3 is 0 Å². The van der Waals surface area contributed by atoms with E-state index in [-0.39, 0.29) is 17.4 Å². The van der Waals surface area contributed by atoms with Crippen LogP contribution in [0.5, 0.6) is 0 Å². The Balaban J connectivity index is 2.13. The predicted molar refractivity (Wildman–Crippen MR) is 92.2 cm³/mol. The van der Waals surface area contributed by atoms with Crippen LogP contribution in [0.25, 0.3) is 0 Å². The van der Waals surface area contributed by atoms with Gasteiger partial charge in [-0.3, -0.25) is 14.5 Å². The number of nitriles is 1. The van der Waals surface area contributed by atoms with Crippen molar-refractivity contribution in [3.05, 3.63) is 48.0 Å². The zero-order valence-corrected chi connectivity index (χ0v) is 13.9. The van der Waals surface area contributed by atoms with Crippen LogP contribution in [-0.4, -0.2) is 17.4 Å². The van der Waals surface area contributed by atoms with Crippen LogP contribution in [0.2, 0.25) is 0 Å². The van der Waals surface area contributed by atoms with E-state index >= 15 is 0 Å². The van der Waals surface area contributed by atoms with Crippen LogP contribution in [0.15, 0.2) is 52.3 Å². The van der Waals surface area contributed by atoms with Gasteiger partial charge in [0.25, 0.3) is 0 Å². The molecule has 2 aromatic rings. The van der Waals surface area contributed by atoms with Crippen molar-refractivity contribution in [2.24, 2.45) is 0 Å². The number of carbonyl (C=O) groups is 2. The first-order chi connectivity index (χ1) is 11.1. The van der Waals surface area contributed by atoms with Crippen LogP contribution in [0.1, 0.15) is 17.3 Å². The molecule has 6 heteroatoms. The average Bonchev–Trinajstić information content (AvgIpc) is 2.56. The third kappa shape index (κ3) is 2.98. The molecule has 1 amide bonds. The van der Waals surface area contributed by atoms with E-state index < -0.39 is 0 Å². The fourth-order valence-corrected chi connectivity index (χ4v) is 3.76. The van der Waals surface area contributed by atoms with Gasteiger partial charge >= 0.3 is 0 Å². The molecule has 0 saturated carbocycles. The summed E-state index contributed by atoms with van der Waals surface area (Å²) in [4.78, 5) is 27.8. The summed E-state index contributed by atoms with van der Waals surface area (Å²) in [6.07, 6.45) is 0. The van der Waals surface area contributed by atoms with Crippen molar-refractivity contribution in [1.82, 2.24) is 0 Å². The summed E-state index contributed by atoms with van der Waals surface area (Å²) >= 11 is 2.48. The molecular weight excluding hydrogens is 328 g/mol. The lowest BCUT2D eigenvalue weighted by atomic mass is 10.1. The Kier molecular flexibility index (Phi) is 4.42. The number of Topliss-reactive ketones (excluding diaryl/α,β-unsaturated/α-hetero) is 1. The van der Waals surface area contributed by atoms with Crippen LogP contribution >= 0.6 is 23.5 Å². The number of amides is 1. The highest BCUT2D eigenvalue weighted by atomic mass is 32.2. The molecule has 4 nitrogen and oxygen atoms in total. The summed E-state index contributed by atoms with van der Waals surface area (Å²) in [7, 11) is 0. The van der Waals surface area contributed by atoms with Gasteiger partial charge in [0.1, 0.15) is 5.40 Å². The number of hydrogen-bond donors (Lipinski definition) is 0. The first-order valence-corrected chi connectivity index (χ1v) is 8.67. The van der Waals surface area contributed by atoms with Crippen molar-refractivity contribution in [1.29, 1.82) is 5.26 Å². The number of anilines is 2. The molecule has 114 valence electrons. The van der Waals surface area contributed by atoms with Gasteiger partial charge in [-0.05, 0) is 43.0 Å². The second-order valence-electron chi connectivity index (χ2n) is 4.92. The molecule has 0 fully saturated rings. The van der Waals surface area contributed by atoms with Crippen LogP contribution < -0.4 is 4.90 Å². The molecule has 0 radical (unpaired) electrons. The lowest BCUT2D eigenvalue weighted by Crippen LogP contribution is -2.30. The summed E-state index contributed by atoms with van der Waals surface area (Å²) in [5, 5.41) is 10.6. The van der Waals surface area contributed by atoms with Crippen molar-refractivity contribution in [2.45, 2.75) is 16.7 Å². The van der Waals surface area contributed by atoms with Crippen molar-refractivity contribution in [3.8, 4) is 5.40 Å². The molecule has 0 bridgehead atoms. The third-order valence-corrected chi connectivity index (χ3v) is 5.09. The SMILES string of the molecule is CC(=O)c1ccc2c(c1)N(C(=O)CSC#N)c1ccccc1S2. The number of carbonyl (C=O) groups excluding carboxylic acids is 2. The summed E-state index contributed by atoms with van der Waals surface area (Å²) in [6, 6.07) is 13.0. The molecule has 1 heterocycles. The molecular formula is C17H12N2O2S2. The lowest BCUT2D eigenvalue weighted by molar-refractivity contribution is -0.115. The third-order valence-electron chi connectivity index (χ3n) is 3.44. The number of ketones is 1. The van der Waals surface area contributed by atoms with E-state index in [0.717, 1.165) is 27.2 Å². The Labute approximate surface area is 142 Å². The van der Waals surface area contributed by atoms with Crippen LogP contribution in [0.4, 0.5) is 11.4 Å². The number of thioether (sulfide) groups is 1. The maximum atomic E-state index is 12.6. The number of rotatable bonds is 3. The maximum absolute atomic E-state index is 12.6.